The van der Waals surface area contributed by atoms with Gasteiger partial charge in [0.1, 0.15) is 0 Å². The first-order valence-corrected chi connectivity index (χ1v) is 7.09. The van der Waals surface area contributed by atoms with Crippen molar-refractivity contribution in [1.82, 2.24) is 4.98 Å². The molecule has 0 aliphatic carbocycles. The summed E-state index contributed by atoms with van der Waals surface area (Å²) in [7, 11) is 0. The summed E-state index contributed by atoms with van der Waals surface area (Å²) in [6, 6.07) is 12.5. The molecule has 0 fully saturated rings. The summed E-state index contributed by atoms with van der Waals surface area (Å²) in [6.45, 7) is 4.35. The summed E-state index contributed by atoms with van der Waals surface area (Å²) < 4.78 is 0. The van der Waals surface area contributed by atoms with Crippen molar-refractivity contribution in [2.24, 2.45) is 5.92 Å². The second kappa shape index (κ2) is 6.19. The molecule has 0 saturated carbocycles. The van der Waals surface area contributed by atoms with Crippen molar-refractivity contribution in [2.45, 2.75) is 38.5 Å². The van der Waals surface area contributed by atoms with E-state index in [-0.39, 0.29) is 5.38 Å². The number of fused-ring (bicyclic) bond motifs is 1. The maximum absolute atomic E-state index is 6.26. The Kier molecular flexibility index (Phi) is 4.60. The van der Waals surface area contributed by atoms with E-state index >= 15 is 0 Å². The number of para-hydroxylation sites is 1. The van der Waals surface area contributed by atoms with E-state index in [2.05, 4.69) is 43.1 Å². The van der Waals surface area contributed by atoms with E-state index in [0.29, 0.717) is 5.92 Å². The molecule has 1 atom stereocenters. The van der Waals surface area contributed by atoms with E-state index < -0.39 is 0 Å². The van der Waals surface area contributed by atoms with Crippen LogP contribution < -0.4 is 0 Å². The zero-order chi connectivity index (χ0) is 13.0. The van der Waals surface area contributed by atoms with Gasteiger partial charge in [0.05, 0.1) is 5.52 Å². The average molecular weight is 262 g/mol. The predicted molar refractivity (Wildman–Crippen MR) is 79.2 cm³/mol. The number of hydrogen-bond acceptors (Lipinski definition) is 1. The molecule has 0 amide bonds. The quantitative estimate of drug-likeness (QED) is 0.703. The van der Waals surface area contributed by atoms with Crippen LogP contribution in [0.2, 0.25) is 0 Å². The molecule has 1 unspecified atom stereocenters. The zero-order valence-corrected chi connectivity index (χ0v) is 11.8. The Bertz CT molecular complexity index is 507. The number of nitrogens with zero attached hydrogens (tertiary/aromatic N) is 1. The van der Waals surface area contributed by atoms with Gasteiger partial charge in [-0.05, 0) is 37.3 Å². The van der Waals surface area contributed by atoms with E-state index in [0.717, 1.165) is 24.8 Å². The van der Waals surface area contributed by atoms with E-state index in [1.165, 1.54) is 11.1 Å². The van der Waals surface area contributed by atoms with Crippen LogP contribution in [0.4, 0.5) is 0 Å². The van der Waals surface area contributed by atoms with Crippen molar-refractivity contribution in [1.29, 1.82) is 0 Å². The molecule has 2 aromatic rings. The molecule has 1 aromatic heterocycles. The van der Waals surface area contributed by atoms with E-state index in [4.69, 9.17) is 11.6 Å². The summed E-state index contributed by atoms with van der Waals surface area (Å²) in [4.78, 5) is 4.67. The topological polar surface area (TPSA) is 12.9 Å². The highest BCUT2D eigenvalue weighted by Gasteiger charge is 2.09. The van der Waals surface area contributed by atoms with Crippen molar-refractivity contribution in [3.05, 3.63) is 42.1 Å². The maximum Gasteiger partial charge on any atom is 0.0705 e. The summed E-state index contributed by atoms with van der Waals surface area (Å²) in [5, 5.41) is 1.49. The number of pyridine rings is 1. The molecule has 0 saturated heterocycles. The van der Waals surface area contributed by atoms with Crippen LogP contribution in [0.1, 0.15) is 32.4 Å². The molecule has 0 N–H and O–H groups in total. The third kappa shape index (κ3) is 3.46. The third-order valence-corrected chi connectivity index (χ3v) is 4.01. The van der Waals surface area contributed by atoms with Gasteiger partial charge in [-0.3, -0.25) is 4.98 Å². The first-order valence-electron chi connectivity index (χ1n) is 6.65. The lowest BCUT2D eigenvalue weighted by molar-refractivity contribution is 0.546. The van der Waals surface area contributed by atoms with Gasteiger partial charge in [0.2, 0.25) is 0 Å². The Morgan fingerprint density at radius 2 is 1.89 bits per heavy atom. The molecule has 2 heteroatoms. The van der Waals surface area contributed by atoms with Crippen molar-refractivity contribution in [3.63, 3.8) is 0 Å². The van der Waals surface area contributed by atoms with Gasteiger partial charge in [-0.1, -0.05) is 38.1 Å². The van der Waals surface area contributed by atoms with Crippen LogP contribution in [0.5, 0.6) is 0 Å². The van der Waals surface area contributed by atoms with Gasteiger partial charge in [0, 0.05) is 16.5 Å². The van der Waals surface area contributed by atoms with Crippen LogP contribution >= 0.6 is 11.6 Å². The summed E-state index contributed by atoms with van der Waals surface area (Å²) in [5.74, 6) is 0.552. The Balaban J connectivity index is 1.96. The molecule has 18 heavy (non-hydrogen) atoms. The molecule has 0 bridgehead atoms. The molecule has 1 nitrogen and oxygen atoms in total. The smallest absolute Gasteiger partial charge is 0.0705 e. The van der Waals surface area contributed by atoms with Crippen LogP contribution in [0, 0.1) is 5.92 Å². The molecule has 2 rings (SSSR count). The van der Waals surface area contributed by atoms with Crippen molar-refractivity contribution < 1.29 is 0 Å². The number of aromatic nitrogens is 1. The van der Waals surface area contributed by atoms with Crippen LogP contribution in [0.15, 0.2) is 36.4 Å². The van der Waals surface area contributed by atoms with Crippen LogP contribution in [-0.2, 0) is 6.42 Å². The normalized spacial score (nSPS) is 13.1. The van der Waals surface area contributed by atoms with Gasteiger partial charge in [-0.2, -0.15) is 0 Å². The number of rotatable bonds is 5. The Labute approximate surface area is 114 Å². The molecular formula is C16H20ClN. The monoisotopic (exact) mass is 261 g/mol. The number of hydrogen-bond donors (Lipinski definition) is 0. The van der Waals surface area contributed by atoms with E-state index in [1.807, 2.05) is 12.1 Å². The predicted octanol–water partition coefficient (Wildman–Crippen LogP) is 4.82. The highest BCUT2D eigenvalue weighted by atomic mass is 35.5. The third-order valence-electron chi connectivity index (χ3n) is 3.29. The first kappa shape index (κ1) is 13.4. The molecule has 1 aromatic carbocycles. The molecule has 0 aliphatic rings. The summed E-state index contributed by atoms with van der Waals surface area (Å²) in [5.41, 5.74) is 2.25. The van der Waals surface area contributed by atoms with Crippen LogP contribution in [0.25, 0.3) is 10.9 Å². The van der Waals surface area contributed by atoms with E-state index in [1.54, 1.807) is 0 Å². The Morgan fingerprint density at radius 3 is 2.67 bits per heavy atom. The largest absolute Gasteiger partial charge is 0.253 e. The van der Waals surface area contributed by atoms with E-state index in [9.17, 15) is 0 Å². The maximum atomic E-state index is 6.26. The molecular weight excluding hydrogens is 242 g/mol. The Hall–Kier alpha value is -1.08. The van der Waals surface area contributed by atoms with Crippen molar-refractivity contribution >= 4 is 22.5 Å². The van der Waals surface area contributed by atoms with Crippen molar-refractivity contribution in [3.8, 4) is 0 Å². The summed E-state index contributed by atoms with van der Waals surface area (Å²) in [6.07, 6.45) is 3.19. The lowest BCUT2D eigenvalue weighted by Crippen LogP contribution is -2.07. The van der Waals surface area contributed by atoms with Gasteiger partial charge < -0.3 is 0 Å². The van der Waals surface area contributed by atoms with Crippen LogP contribution in [-0.4, -0.2) is 10.4 Å². The number of benzene rings is 1. The highest BCUT2D eigenvalue weighted by molar-refractivity contribution is 6.20. The first-order chi connectivity index (χ1) is 8.66. The second-order valence-corrected chi connectivity index (χ2v) is 5.71. The lowest BCUT2D eigenvalue weighted by atomic mass is 10.0. The van der Waals surface area contributed by atoms with Gasteiger partial charge in [-0.25, -0.2) is 0 Å². The fraction of sp³-hybridized carbons (Fsp3) is 0.438. The SMILES string of the molecule is CC(C)C(Cl)CCCc1ccc2ccccc2n1. The number of alkyl halides is 1. The van der Waals surface area contributed by atoms with Crippen molar-refractivity contribution in [2.75, 3.05) is 0 Å². The summed E-state index contributed by atoms with van der Waals surface area (Å²) >= 11 is 6.26. The molecule has 0 spiro atoms. The molecule has 0 aliphatic heterocycles. The minimum Gasteiger partial charge on any atom is -0.253 e. The Morgan fingerprint density at radius 1 is 1.11 bits per heavy atom. The van der Waals surface area contributed by atoms with Gasteiger partial charge in [0.15, 0.2) is 0 Å². The fourth-order valence-electron chi connectivity index (χ4n) is 2.06. The fourth-order valence-corrected chi connectivity index (χ4v) is 2.21. The number of aryl methyl sites for hydroxylation is 1. The van der Waals surface area contributed by atoms with Gasteiger partial charge >= 0.3 is 0 Å². The lowest BCUT2D eigenvalue weighted by Gasteiger charge is -2.12. The minimum atomic E-state index is 0.283. The average Bonchev–Trinajstić information content (AvgIpc) is 2.38. The zero-order valence-electron chi connectivity index (χ0n) is 11.1. The van der Waals surface area contributed by atoms with Gasteiger partial charge in [0.25, 0.3) is 0 Å². The molecule has 1 heterocycles. The minimum absolute atomic E-state index is 0.283. The standard InChI is InChI=1S/C16H20ClN/c1-12(2)15(17)8-5-7-14-11-10-13-6-3-4-9-16(13)18-14/h3-4,6,9-12,15H,5,7-8H2,1-2H3. The number of halogens is 1. The highest BCUT2D eigenvalue weighted by Crippen LogP contribution is 2.18. The van der Waals surface area contributed by atoms with Crippen LogP contribution in [0.3, 0.4) is 0 Å². The second-order valence-electron chi connectivity index (χ2n) is 5.15. The molecule has 96 valence electrons. The van der Waals surface area contributed by atoms with Gasteiger partial charge in [-0.15, -0.1) is 11.6 Å². The molecule has 0 radical (unpaired) electrons.